The van der Waals surface area contributed by atoms with E-state index in [4.69, 9.17) is 0 Å². The normalized spacial score (nSPS) is 17.1. The zero-order valence-electron chi connectivity index (χ0n) is 15.2. The molecule has 2 heterocycles. The van der Waals surface area contributed by atoms with Crippen LogP contribution in [0.4, 0.5) is 0 Å². The lowest BCUT2D eigenvalue weighted by Gasteiger charge is -2.17. The molecule has 27 heavy (non-hydrogen) atoms. The first-order chi connectivity index (χ1) is 13.3. The molecule has 6 heteroatoms. The number of aromatic nitrogens is 3. The smallest absolute Gasteiger partial charge is 0.251 e. The van der Waals surface area contributed by atoms with Crippen molar-refractivity contribution in [3.05, 3.63) is 83.9 Å². The van der Waals surface area contributed by atoms with Gasteiger partial charge in [0.25, 0.3) is 5.91 Å². The van der Waals surface area contributed by atoms with E-state index in [9.17, 15) is 4.79 Å². The highest BCUT2D eigenvalue weighted by Gasteiger charge is 2.24. The van der Waals surface area contributed by atoms with Gasteiger partial charge in [-0.05, 0) is 29.7 Å². The maximum Gasteiger partial charge on any atom is 0.251 e. The van der Waals surface area contributed by atoms with Crippen LogP contribution < -0.4 is 5.32 Å². The maximum absolute atomic E-state index is 12.5. The van der Waals surface area contributed by atoms with Crippen molar-refractivity contribution in [2.45, 2.75) is 25.6 Å². The second kappa shape index (κ2) is 8.14. The number of carbonyl (C=O) groups is 1. The van der Waals surface area contributed by atoms with Crippen molar-refractivity contribution in [1.82, 2.24) is 25.0 Å². The Morgan fingerprint density at radius 1 is 1.04 bits per heavy atom. The van der Waals surface area contributed by atoms with E-state index in [0.29, 0.717) is 12.1 Å². The molecule has 0 aliphatic carbocycles. The molecule has 0 bridgehead atoms. The lowest BCUT2D eigenvalue weighted by Crippen LogP contribution is -2.37. The Hall–Kier alpha value is -2.99. The molecule has 0 saturated carbocycles. The number of hydrogen-bond donors (Lipinski definition) is 1. The number of rotatable bonds is 6. The summed E-state index contributed by atoms with van der Waals surface area (Å²) in [4.78, 5) is 18.9. The Kier molecular flexibility index (Phi) is 5.25. The van der Waals surface area contributed by atoms with E-state index in [1.165, 1.54) is 11.9 Å². The van der Waals surface area contributed by atoms with E-state index in [1.807, 2.05) is 30.3 Å². The van der Waals surface area contributed by atoms with Crippen LogP contribution in [0.3, 0.4) is 0 Å². The van der Waals surface area contributed by atoms with Crippen LogP contribution >= 0.6 is 0 Å². The summed E-state index contributed by atoms with van der Waals surface area (Å²) in [6, 6.07) is 18.3. The molecule has 1 fully saturated rings. The lowest BCUT2D eigenvalue weighted by atomic mass is 10.1. The Balaban J connectivity index is 1.29. The van der Waals surface area contributed by atoms with Crippen LogP contribution in [-0.4, -0.2) is 44.7 Å². The molecule has 1 N–H and O–H groups in total. The summed E-state index contributed by atoms with van der Waals surface area (Å²) in [5.41, 5.74) is 3.10. The van der Waals surface area contributed by atoms with Crippen LogP contribution in [0.25, 0.3) is 0 Å². The molecule has 1 amide bonds. The molecule has 6 nitrogen and oxygen atoms in total. The molecule has 0 spiro atoms. The van der Waals surface area contributed by atoms with Crippen molar-refractivity contribution >= 4 is 5.91 Å². The molecule has 1 aliphatic rings. The fourth-order valence-electron chi connectivity index (χ4n) is 3.47. The highest BCUT2D eigenvalue weighted by molar-refractivity contribution is 5.94. The van der Waals surface area contributed by atoms with E-state index in [1.54, 1.807) is 11.0 Å². The lowest BCUT2D eigenvalue weighted by molar-refractivity contribution is 0.0937. The van der Waals surface area contributed by atoms with Crippen molar-refractivity contribution in [1.29, 1.82) is 0 Å². The third-order valence-corrected chi connectivity index (χ3v) is 4.88. The summed E-state index contributed by atoms with van der Waals surface area (Å²) in [5, 5.41) is 7.26. The van der Waals surface area contributed by atoms with Crippen LogP contribution in [0, 0.1) is 0 Å². The Morgan fingerprint density at radius 3 is 2.56 bits per heavy atom. The molecule has 0 radical (unpaired) electrons. The monoisotopic (exact) mass is 361 g/mol. The first kappa shape index (κ1) is 17.4. The van der Waals surface area contributed by atoms with Gasteiger partial charge in [0, 0.05) is 31.2 Å². The Bertz CT molecular complexity index is 861. The van der Waals surface area contributed by atoms with E-state index in [-0.39, 0.29) is 11.9 Å². The second-order valence-electron chi connectivity index (χ2n) is 6.97. The SMILES string of the molecule is O=C(N[C@@H]1CCN(Cc2ccccc2)C1)c1ccc(Cn2cncn2)cc1. The minimum atomic E-state index is -0.00568. The molecule has 1 saturated heterocycles. The predicted octanol–water partition coefficient (Wildman–Crippen LogP) is 2.33. The Morgan fingerprint density at radius 2 is 1.81 bits per heavy atom. The standard InChI is InChI=1S/C21H23N5O/c27-21(19-8-6-18(7-9-19)13-26-16-22-15-23-26)24-20-10-11-25(14-20)12-17-4-2-1-3-5-17/h1-9,15-16,20H,10-14H2,(H,24,27)/t20-/m1/s1. The van der Waals surface area contributed by atoms with Gasteiger partial charge in [0.15, 0.2) is 0 Å². The minimum absolute atomic E-state index is 0.00568. The Labute approximate surface area is 158 Å². The van der Waals surface area contributed by atoms with Crippen molar-refractivity contribution in [2.24, 2.45) is 0 Å². The van der Waals surface area contributed by atoms with Gasteiger partial charge in [-0.1, -0.05) is 42.5 Å². The van der Waals surface area contributed by atoms with E-state index < -0.39 is 0 Å². The summed E-state index contributed by atoms with van der Waals surface area (Å²) in [6.45, 7) is 3.49. The average molecular weight is 361 g/mol. The van der Waals surface area contributed by atoms with Gasteiger partial charge in [0.05, 0.1) is 6.54 Å². The predicted molar refractivity (Wildman–Crippen MR) is 103 cm³/mol. The van der Waals surface area contributed by atoms with Crippen LogP contribution in [0.15, 0.2) is 67.3 Å². The number of amides is 1. The summed E-state index contributed by atoms with van der Waals surface area (Å²) in [7, 11) is 0. The number of benzene rings is 2. The molecular formula is C21H23N5O. The largest absolute Gasteiger partial charge is 0.348 e. The van der Waals surface area contributed by atoms with Gasteiger partial charge in [-0.25, -0.2) is 9.67 Å². The van der Waals surface area contributed by atoms with E-state index in [0.717, 1.165) is 31.6 Å². The van der Waals surface area contributed by atoms with Crippen LogP contribution in [0.1, 0.15) is 27.9 Å². The number of hydrogen-bond acceptors (Lipinski definition) is 4. The first-order valence-corrected chi connectivity index (χ1v) is 9.25. The molecule has 1 aliphatic heterocycles. The number of likely N-dealkylation sites (tertiary alicyclic amines) is 1. The highest BCUT2D eigenvalue weighted by Crippen LogP contribution is 2.14. The van der Waals surface area contributed by atoms with Gasteiger partial charge in [-0.15, -0.1) is 0 Å². The van der Waals surface area contributed by atoms with Crippen LogP contribution in [0.5, 0.6) is 0 Å². The average Bonchev–Trinajstić information content (AvgIpc) is 3.35. The van der Waals surface area contributed by atoms with Crippen LogP contribution in [-0.2, 0) is 13.1 Å². The van der Waals surface area contributed by atoms with Crippen LogP contribution in [0.2, 0.25) is 0 Å². The van der Waals surface area contributed by atoms with Crippen molar-refractivity contribution in [3.8, 4) is 0 Å². The number of nitrogens with zero attached hydrogens (tertiary/aromatic N) is 4. The number of nitrogens with one attached hydrogen (secondary N) is 1. The van der Waals surface area contributed by atoms with Gasteiger partial charge >= 0.3 is 0 Å². The van der Waals surface area contributed by atoms with Gasteiger partial charge in [0.1, 0.15) is 12.7 Å². The van der Waals surface area contributed by atoms with Gasteiger partial charge in [0.2, 0.25) is 0 Å². The molecule has 1 atom stereocenters. The third-order valence-electron chi connectivity index (χ3n) is 4.88. The fourth-order valence-corrected chi connectivity index (χ4v) is 3.47. The summed E-state index contributed by atoms with van der Waals surface area (Å²) in [5.74, 6) is -0.00568. The third kappa shape index (κ3) is 4.60. The van der Waals surface area contributed by atoms with E-state index >= 15 is 0 Å². The molecule has 2 aromatic carbocycles. The summed E-state index contributed by atoms with van der Waals surface area (Å²) >= 11 is 0. The molecule has 3 aromatic rings. The minimum Gasteiger partial charge on any atom is -0.348 e. The highest BCUT2D eigenvalue weighted by atomic mass is 16.1. The molecule has 0 unspecified atom stereocenters. The van der Waals surface area contributed by atoms with Gasteiger partial charge in [-0.3, -0.25) is 9.69 Å². The fraction of sp³-hybridized carbons (Fsp3) is 0.286. The topological polar surface area (TPSA) is 63.1 Å². The van der Waals surface area contributed by atoms with E-state index in [2.05, 4.69) is 44.6 Å². The molecule has 4 rings (SSSR count). The summed E-state index contributed by atoms with van der Waals surface area (Å²) in [6.07, 6.45) is 4.19. The van der Waals surface area contributed by atoms with Gasteiger partial charge in [-0.2, -0.15) is 5.10 Å². The molecule has 1 aromatic heterocycles. The zero-order chi connectivity index (χ0) is 18.5. The summed E-state index contributed by atoms with van der Waals surface area (Å²) < 4.78 is 1.76. The van der Waals surface area contributed by atoms with Crippen molar-refractivity contribution < 1.29 is 4.79 Å². The maximum atomic E-state index is 12.5. The molecular weight excluding hydrogens is 338 g/mol. The number of carbonyl (C=O) groups excluding carboxylic acids is 1. The first-order valence-electron chi connectivity index (χ1n) is 9.25. The quantitative estimate of drug-likeness (QED) is 0.732. The second-order valence-corrected chi connectivity index (χ2v) is 6.97. The van der Waals surface area contributed by atoms with Crippen molar-refractivity contribution in [3.63, 3.8) is 0 Å². The zero-order valence-corrected chi connectivity index (χ0v) is 15.2. The van der Waals surface area contributed by atoms with Gasteiger partial charge < -0.3 is 5.32 Å². The molecule has 138 valence electrons. The van der Waals surface area contributed by atoms with Crippen molar-refractivity contribution in [2.75, 3.05) is 13.1 Å².